The summed E-state index contributed by atoms with van der Waals surface area (Å²) in [5.41, 5.74) is 0. The van der Waals surface area contributed by atoms with Crippen molar-refractivity contribution in [3.05, 3.63) is 24.3 Å². The summed E-state index contributed by atoms with van der Waals surface area (Å²) in [7, 11) is 1.56. The van der Waals surface area contributed by atoms with E-state index in [-0.39, 0.29) is 37.0 Å². The van der Waals surface area contributed by atoms with Crippen molar-refractivity contribution in [2.45, 2.75) is 117 Å². The van der Waals surface area contributed by atoms with E-state index in [1.54, 1.807) is 0 Å². The number of hydrogen-bond donors (Lipinski definition) is 0. The van der Waals surface area contributed by atoms with E-state index in [1.807, 2.05) is 0 Å². The Bertz CT molecular complexity index is 478. The number of hydrogen-bond acceptors (Lipinski definition) is 4. The second-order valence-electron chi connectivity index (χ2n) is 8.61. The molecular weight excluding hydrogens is 408 g/mol. The highest BCUT2D eigenvalue weighted by molar-refractivity contribution is 6.55. The molecule has 0 amide bonds. The molecule has 0 saturated carbocycles. The molecule has 0 aromatic heterocycles. The first kappa shape index (κ1) is 27.5. The Hall–Kier alpha value is -0.506. The molecule has 0 bridgehead atoms. The lowest BCUT2D eigenvalue weighted by Gasteiger charge is -2.23. The molecule has 0 atom stereocenters. The van der Waals surface area contributed by atoms with E-state index in [1.165, 1.54) is 10.4 Å². The molecule has 0 aliphatic rings. The van der Waals surface area contributed by atoms with E-state index < -0.39 is 0 Å². The van der Waals surface area contributed by atoms with Crippen molar-refractivity contribution < 1.29 is 18.9 Å². The summed E-state index contributed by atoms with van der Waals surface area (Å²) in [6.07, 6.45) is 2.42. The van der Waals surface area contributed by atoms with Crippen LogP contribution >= 0.6 is 0 Å². The van der Waals surface area contributed by atoms with Gasteiger partial charge in [0.05, 0.1) is 43.5 Å². The van der Waals surface area contributed by atoms with Gasteiger partial charge in [0.2, 0.25) is 0 Å². The second kappa shape index (κ2) is 15.3. The lowest BCUT2D eigenvalue weighted by atomic mass is 10.4. The third-order valence-electron chi connectivity index (χ3n) is 4.00. The van der Waals surface area contributed by atoms with Crippen LogP contribution in [0.3, 0.4) is 0 Å². The molecule has 0 fully saturated rings. The standard InChI is InChI=1S/C24H42O4Si2/c1-17(2)25-23(26-18(3)4)13-15-29-21-9-11-22(12-10-21)30-16-14-24(27-19(5)6)28-20(7)8/h9-12,17-20,23-24H,13-16H2,1-8H3. The van der Waals surface area contributed by atoms with Crippen molar-refractivity contribution in [2.75, 3.05) is 0 Å². The summed E-state index contributed by atoms with van der Waals surface area (Å²) in [5.74, 6) is 0. The lowest BCUT2D eigenvalue weighted by Crippen LogP contribution is -2.27. The summed E-state index contributed by atoms with van der Waals surface area (Å²) < 4.78 is 23.6. The first-order valence-electron chi connectivity index (χ1n) is 11.3. The maximum Gasteiger partial charge on any atom is 0.157 e. The van der Waals surface area contributed by atoms with Gasteiger partial charge in [-0.15, -0.1) is 0 Å². The molecule has 4 nitrogen and oxygen atoms in total. The molecule has 30 heavy (non-hydrogen) atoms. The summed E-state index contributed by atoms with van der Waals surface area (Å²) in [6, 6.07) is 11.3. The molecule has 1 rings (SSSR count). The molecule has 0 unspecified atom stereocenters. The van der Waals surface area contributed by atoms with Gasteiger partial charge in [-0.2, -0.15) is 0 Å². The molecule has 0 heterocycles. The SMILES string of the molecule is CC(C)OC(CC[Si]c1ccc([Si]CCC(OC(C)C)OC(C)C)cc1)OC(C)C. The molecule has 4 radical (unpaired) electrons. The fraction of sp³-hybridized carbons (Fsp3) is 0.750. The van der Waals surface area contributed by atoms with Gasteiger partial charge < -0.3 is 18.9 Å². The highest BCUT2D eigenvalue weighted by Gasteiger charge is 2.15. The van der Waals surface area contributed by atoms with Crippen molar-refractivity contribution in [1.29, 1.82) is 0 Å². The predicted octanol–water partition coefficient (Wildman–Crippen LogP) is 4.31. The Kier molecular flexibility index (Phi) is 14.1. The average Bonchev–Trinajstić information content (AvgIpc) is 2.60. The number of ether oxygens (including phenoxy) is 4. The fourth-order valence-electron chi connectivity index (χ4n) is 2.93. The Balaban J connectivity index is 2.39. The Morgan fingerprint density at radius 1 is 0.533 bits per heavy atom. The molecule has 0 saturated heterocycles. The zero-order chi connectivity index (χ0) is 22.5. The van der Waals surface area contributed by atoms with Gasteiger partial charge >= 0.3 is 0 Å². The summed E-state index contributed by atoms with van der Waals surface area (Å²) >= 11 is 0. The Morgan fingerprint density at radius 2 is 0.800 bits per heavy atom. The maximum atomic E-state index is 5.89. The van der Waals surface area contributed by atoms with E-state index in [9.17, 15) is 0 Å². The van der Waals surface area contributed by atoms with Crippen LogP contribution in [0.4, 0.5) is 0 Å². The monoisotopic (exact) mass is 450 g/mol. The molecule has 0 aliphatic carbocycles. The molecule has 0 N–H and O–H groups in total. The Labute approximate surface area is 190 Å². The molecular formula is C24H42O4Si2. The van der Waals surface area contributed by atoms with E-state index in [0.29, 0.717) is 0 Å². The zero-order valence-corrected chi connectivity index (χ0v) is 22.2. The van der Waals surface area contributed by atoms with Crippen molar-refractivity contribution >= 4 is 29.4 Å². The highest BCUT2D eigenvalue weighted by Crippen LogP contribution is 2.11. The molecule has 1 aromatic carbocycles. The van der Waals surface area contributed by atoms with Crippen molar-refractivity contribution in [2.24, 2.45) is 0 Å². The molecule has 0 spiro atoms. The van der Waals surface area contributed by atoms with Gasteiger partial charge in [-0.1, -0.05) is 46.7 Å². The van der Waals surface area contributed by atoms with Gasteiger partial charge in [0, 0.05) is 0 Å². The third-order valence-corrected chi connectivity index (χ3v) is 6.56. The minimum Gasteiger partial charge on any atom is -0.350 e. The van der Waals surface area contributed by atoms with Crippen molar-refractivity contribution in [1.82, 2.24) is 0 Å². The van der Waals surface area contributed by atoms with Crippen LogP contribution in [0, 0.1) is 0 Å². The summed E-state index contributed by atoms with van der Waals surface area (Å²) in [6.45, 7) is 16.5. The van der Waals surface area contributed by atoms with Crippen molar-refractivity contribution in [3.8, 4) is 0 Å². The quantitative estimate of drug-likeness (QED) is 0.278. The normalized spacial score (nSPS) is 12.5. The van der Waals surface area contributed by atoms with E-state index in [2.05, 4.69) is 79.7 Å². The predicted molar refractivity (Wildman–Crippen MR) is 129 cm³/mol. The Morgan fingerprint density at radius 3 is 1.03 bits per heavy atom. The number of rotatable bonds is 16. The smallest absolute Gasteiger partial charge is 0.157 e. The van der Waals surface area contributed by atoms with Gasteiger partial charge in [0.1, 0.15) is 0 Å². The zero-order valence-electron chi connectivity index (χ0n) is 20.2. The fourth-order valence-corrected chi connectivity index (χ4v) is 5.07. The van der Waals surface area contributed by atoms with Gasteiger partial charge in [0.15, 0.2) is 12.6 Å². The molecule has 6 heteroatoms. The minimum absolute atomic E-state index is 0.104. The van der Waals surface area contributed by atoms with Crippen LogP contribution in [0.25, 0.3) is 0 Å². The first-order chi connectivity index (χ1) is 14.2. The van der Waals surface area contributed by atoms with Crippen LogP contribution in [0.15, 0.2) is 24.3 Å². The van der Waals surface area contributed by atoms with Crippen LogP contribution < -0.4 is 10.4 Å². The summed E-state index contributed by atoms with van der Waals surface area (Å²) in [4.78, 5) is 0. The van der Waals surface area contributed by atoms with Gasteiger partial charge in [0.25, 0.3) is 0 Å². The highest BCUT2D eigenvalue weighted by atomic mass is 28.2. The third kappa shape index (κ3) is 13.7. The second-order valence-corrected chi connectivity index (χ2v) is 11.5. The van der Waals surface area contributed by atoms with Crippen LogP contribution in [0.5, 0.6) is 0 Å². The van der Waals surface area contributed by atoms with Gasteiger partial charge in [-0.05, 0) is 68.2 Å². The van der Waals surface area contributed by atoms with Gasteiger partial charge in [-0.3, -0.25) is 0 Å². The largest absolute Gasteiger partial charge is 0.350 e. The molecule has 170 valence electrons. The van der Waals surface area contributed by atoms with E-state index in [0.717, 1.165) is 44.0 Å². The lowest BCUT2D eigenvalue weighted by molar-refractivity contribution is -0.181. The van der Waals surface area contributed by atoms with Crippen LogP contribution in [-0.2, 0) is 18.9 Å². The topological polar surface area (TPSA) is 36.9 Å². The maximum absolute atomic E-state index is 5.89. The van der Waals surface area contributed by atoms with Crippen LogP contribution in [0.2, 0.25) is 12.1 Å². The van der Waals surface area contributed by atoms with E-state index >= 15 is 0 Å². The average molecular weight is 451 g/mol. The molecule has 0 aliphatic heterocycles. The van der Waals surface area contributed by atoms with Crippen molar-refractivity contribution in [3.63, 3.8) is 0 Å². The minimum atomic E-state index is -0.104. The van der Waals surface area contributed by atoms with Crippen LogP contribution in [0.1, 0.15) is 68.2 Å². The first-order valence-corrected chi connectivity index (χ1v) is 13.8. The molecule has 1 aromatic rings. The van der Waals surface area contributed by atoms with Crippen LogP contribution in [-0.4, -0.2) is 56.0 Å². The number of benzene rings is 1. The van der Waals surface area contributed by atoms with E-state index in [4.69, 9.17) is 18.9 Å². The summed E-state index contributed by atoms with van der Waals surface area (Å²) in [5, 5.41) is 2.81. The van der Waals surface area contributed by atoms with Gasteiger partial charge in [-0.25, -0.2) is 0 Å².